The molecule has 1 aliphatic rings. The van der Waals surface area contributed by atoms with E-state index in [-0.39, 0.29) is 0 Å². The topological polar surface area (TPSA) is 0 Å². The SMILES string of the molecule is C=CC1=C(C=C)C(c2ccccc2)(c2ccccc2)C(/C=C\C)=C1C=C. The van der Waals surface area contributed by atoms with Crippen LogP contribution in [0.5, 0.6) is 0 Å². The quantitative estimate of drug-likeness (QED) is 0.549. The molecule has 0 spiro atoms. The third-order valence-corrected chi connectivity index (χ3v) is 5.04. The highest BCUT2D eigenvalue weighted by atomic mass is 14.5. The molecule has 0 heterocycles. The molecule has 0 bridgehead atoms. The van der Waals surface area contributed by atoms with E-state index in [0.717, 1.165) is 16.7 Å². The van der Waals surface area contributed by atoms with Crippen LogP contribution < -0.4 is 0 Å². The van der Waals surface area contributed by atoms with Crippen molar-refractivity contribution in [1.82, 2.24) is 0 Å². The molecule has 0 atom stereocenters. The van der Waals surface area contributed by atoms with Gasteiger partial charge in [0.2, 0.25) is 0 Å². The molecule has 0 aliphatic heterocycles. The van der Waals surface area contributed by atoms with Crippen molar-refractivity contribution in [2.75, 3.05) is 0 Å². The van der Waals surface area contributed by atoms with E-state index in [1.807, 2.05) is 25.2 Å². The van der Waals surface area contributed by atoms with Crippen LogP contribution in [0.4, 0.5) is 0 Å². The first-order chi connectivity index (χ1) is 12.7. The Labute approximate surface area is 156 Å². The fraction of sp³-hybridized carbons (Fsp3) is 0.0769. The van der Waals surface area contributed by atoms with E-state index in [1.165, 1.54) is 16.7 Å². The van der Waals surface area contributed by atoms with Gasteiger partial charge in [0.15, 0.2) is 0 Å². The molecule has 0 N–H and O–H groups in total. The second kappa shape index (κ2) is 7.41. The van der Waals surface area contributed by atoms with E-state index >= 15 is 0 Å². The van der Waals surface area contributed by atoms with Gasteiger partial charge in [0.05, 0.1) is 5.41 Å². The van der Waals surface area contributed by atoms with Crippen molar-refractivity contribution in [3.05, 3.63) is 144 Å². The van der Waals surface area contributed by atoms with Gasteiger partial charge in [-0.05, 0) is 40.3 Å². The normalized spacial score (nSPS) is 16.2. The maximum atomic E-state index is 4.16. The molecule has 2 aromatic rings. The zero-order valence-electron chi connectivity index (χ0n) is 15.3. The number of allylic oxidation sites excluding steroid dienone is 9. The maximum absolute atomic E-state index is 4.16. The van der Waals surface area contributed by atoms with Crippen LogP contribution in [0.3, 0.4) is 0 Å². The molecular weight excluding hydrogens is 312 g/mol. The van der Waals surface area contributed by atoms with Crippen LogP contribution >= 0.6 is 0 Å². The lowest BCUT2D eigenvalue weighted by Crippen LogP contribution is -2.30. The van der Waals surface area contributed by atoms with Crippen molar-refractivity contribution in [1.29, 1.82) is 0 Å². The maximum Gasteiger partial charge on any atom is 0.0713 e. The molecular formula is C26H24. The van der Waals surface area contributed by atoms with E-state index in [9.17, 15) is 0 Å². The standard InChI is InChI=1S/C26H24/c1-5-15-25-23(7-3)22(6-2)24(8-4)26(25,20-16-11-9-12-17-20)21-18-13-10-14-19-21/h5-19H,2-4H2,1H3/b15-5-. The van der Waals surface area contributed by atoms with E-state index < -0.39 is 5.41 Å². The number of hydrogen-bond acceptors (Lipinski definition) is 0. The highest BCUT2D eigenvalue weighted by molar-refractivity contribution is 5.76. The zero-order chi connectivity index (χ0) is 18.6. The first kappa shape index (κ1) is 17.7. The Balaban J connectivity index is 2.55. The highest BCUT2D eigenvalue weighted by Crippen LogP contribution is 2.54. The monoisotopic (exact) mass is 336 g/mol. The summed E-state index contributed by atoms with van der Waals surface area (Å²) >= 11 is 0. The average Bonchev–Trinajstić information content (AvgIpc) is 2.99. The lowest BCUT2D eigenvalue weighted by molar-refractivity contribution is 0.755. The Kier molecular flexibility index (Phi) is 5.04. The molecule has 0 radical (unpaired) electrons. The largest absolute Gasteiger partial charge is 0.0987 e. The van der Waals surface area contributed by atoms with Gasteiger partial charge in [-0.3, -0.25) is 0 Å². The Bertz CT molecular complexity index is 879. The zero-order valence-corrected chi connectivity index (χ0v) is 15.3. The van der Waals surface area contributed by atoms with Crippen molar-refractivity contribution in [3.8, 4) is 0 Å². The van der Waals surface area contributed by atoms with Gasteiger partial charge in [-0.2, -0.15) is 0 Å². The minimum Gasteiger partial charge on any atom is -0.0987 e. The summed E-state index contributed by atoms with van der Waals surface area (Å²) in [7, 11) is 0. The van der Waals surface area contributed by atoms with Gasteiger partial charge in [0.25, 0.3) is 0 Å². The summed E-state index contributed by atoms with van der Waals surface area (Å²) in [6.45, 7) is 14.4. The van der Waals surface area contributed by atoms with Gasteiger partial charge >= 0.3 is 0 Å². The lowest BCUT2D eigenvalue weighted by atomic mass is 9.66. The molecule has 26 heavy (non-hydrogen) atoms. The predicted octanol–water partition coefficient (Wildman–Crippen LogP) is 6.71. The van der Waals surface area contributed by atoms with Crippen LogP contribution in [-0.2, 0) is 5.41 Å². The minimum atomic E-state index is -0.427. The van der Waals surface area contributed by atoms with Crippen molar-refractivity contribution >= 4 is 0 Å². The number of hydrogen-bond donors (Lipinski definition) is 0. The Morgan fingerprint density at radius 2 is 1.12 bits per heavy atom. The predicted molar refractivity (Wildman–Crippen MR) is 113 cm³/mol. The summed E-state index contributed by atoms with van der Waals surface area (Å²) in [5.74, 6) is 0. The highest BCUT2D eigenvalue weighted by Gasteiger charge is 2.46. The molecule has 0 fully saturated rings. The van der Waals surface area contributed by atoms with Gasteiger partial charge in [-0.15, -0.1) is 0 Å². The Morgan fingerprint density at radius 3 is 1.50 bits per heavy atom. The molecule has 0 unspecified atom stereocenters. The van der Waals surface area contributed by atoms with Gasteiger partial charge in [0.1, 0.15) is 0 Å². The van der Waals surface area contributed by atoms with E-state index in [4.69, 9.17) is 0 Å². The summed E-state index contributed by atoms with van der Waals surface area (Å²) in [6, 6.07) is 21.2. The summed E-state index contributed by atoms with van der Waals surface area (Å²) in [5, 5.41) is 0. The van der Waals surface area contributed by atoms with Crippen LogP contribution in [-0.4, -0.2) is 0 Å². The van der Waals surface area contributed by atoms with Crippen LogP contribution in [0.25, 0.3) is 0 Å². The van der Waals surface area contributed by atoms with E-state index in [1.54, 1.807) is 0 Å². The van der Waals surface area contributed by atoms with Crippen molar-refractivity contribution in [3.63, 3.8) is 0 Å². The van der Waals surface area contributed by atoms with Gasteiger partial charge in [-0.25, -0.2) is 0 Å². The smallest absolute Gasteiger partial charge is 0.0713 e. The van der Waals surface area contributed by atoms with Gasteiger partial charge in [0, 0.05) is 0 Å². The molecule has 0 saturated heterocycles. The van der Waals surface area contributed by atoms with Crippen LogP contribution in [0, 0.1) is 0 Å². The first-order valence-corrected chi connectivity index (χ1v) is 8.86. The minimum absolute atomic E-state index is 0.427. The van der Waals surface area contributed by atoms with E-state index in [0.29, 0.717) is 0 Å². The van der Waals surface area contributed by atoms with Crippen molar-refractivity contribution < 1.29 is 0 Å². The van der Waals surface area contributed by atoms with Gasteiger partial charge < -0.3 is 0 Å². The third-order valence-electron chi connectivity index (χ3n) is 5.04. The van der Waals surface area contributed by atoms with Gasteiger partial charge in [-0.1, -0.05) is 111 Å². The molecule has 0 aromatic heterocycles. The number of benzene rings is 2. The first-order valence-electron chi connectivity index (χ1n) is 8.86. The summed E-state index contributed by atoms with van der Waals surface area (Å²) < 4.78 is 0. The van der Waals surface area contributed by atoms with Crippen LogP contribution in [0.2, 0.25) is 0 Å². The molecule has 0 nitrogen and oxygen atoms in total. The molecule has 3 rings (SSSR count). The average molecular weight is 336 g/mol. The molecule has 0 amide bonds. The van der Waals surface area contributed by atoms with Crippen LogP contribution in [0.15, 0.2) is 133 Å². The second-order valence-electron chi connectivity index (χ2n) is 6.25. The molecule has 1 aliphatic carbocycles. The van der Waals surface area contributed by atoms with Crippen molar-refractivity contribution in [2.24, 2.45) is 0 Å². The second-order valence-corrected chi connectivity index (χ2v) is 6.25. The molecule has 128 valence electrons. The fourth-order valence-electron chi connectivity index (χ4n) is 4.09. The molecule has 0 heteroatoms. The van der Waals surface area contributed by atoms with Crippen molar-refractivity contribution in [2.45, 2.75) is 12.3 Å². The molecule has 0 saturated carbocycles. The third kappa shape index (κ3) is 2.46. The van der Waals surface area contributed by atoms with E-state index in [2.05, 4.69) is 92.6 Å². The number of rotatable bonds is 6. The fourth-order valence-corrected chi connectivity index (χ4v) is 4.09. The summed E-state index contributed by atoms with van der Waals surface area (Å²) in [6.07, 6.45) is 10.1. The summed E-state index contributed by atoms with van der Waals surface area (Å²) in [4.78, 5) is 0. The Morgan fingerprint density at radius 1 is 0.654 bits per heavy atom. The van der Waals surface area contributed by atoms with Crippen LogP contribution in [0.1, 0.15) is 18.1 Å². The molecule has 2 aromatic carbocycles. The Hall–Kier alpha value is -3.12. The lowest BCUT2D eigenvalue weighted by Gasteiger charge is -2.35. The summed E-state index contributed by atoms with van der Waals surface area (Å²) in [5.41, 5.74) is 6.56.